The summed E-state index contributed by atoms with van der Waals surface area (Å²) in [6.07, 6.45) is 0. The van der Waals surface area contributed by atoms with Gasteiger partial charge in [0.2, 0.25) is 5.58 Å². The molecular weight excluding hydrogens is 392 g/mol. The fourth-order valence-electron chi connectivity index (χ4n) is 3.34. The van der Waals surface area contributed by atoms with Gasteiger partial charge in [0.15, 0.2) is 5.82 Å². The van der Waals surface area contributed by atoms with Gasteiger partial charge in [-0.1, -0.05) is 42.5 Å². The molecule has 2 heterocycles. The molecule has 0 saturated carbocycles. The average Bonchev–Trinajstić information content (AvgIpc) is 3.19. The summed E-state index contributed by atoms with van der Waals surface area (Å²) >= 11 is 0. The van der Waals surface area contributed by atoms with Gasteiger partial charge >= 0.3 is 5.97 Å². The fourth-order valence-corrected chi connectivity index (χ4v) is 3.34. The molecule has 0 aliphatic carbocycles. The van der Waals surface area contributed by atoms with Crippen LogP contribution in [0.15, 0.2) is 83.3 Å². The van der Waals surface area contributed by atoms with E-state index in [0.29, 0.717) is 46.3 Å². The van der Waals surface area contributed by atoms with E-state index in [2.05, 4.69) is 4.98 Å². The molecule has 5 aromatic rings. The SMILES string of the molecule is CCOC(=O)c1ccc(Oc2nc(-c3ccccc3)nc3c2oc2ccccc23)cc1. The minimum atomic E-state index is -0.373. The Bertz CT molecular complexity index is 1380. The van der Waals surface area contributed by atoms with Crippen LogP contribution in [-0.4, -0.2) is 22.5 Å². The number of nitrogens with zero attached hydrogens (tertiary/aromatic N) is 2. The summed E-state index contributed by atoms with van der Waals surface area (Å²) < 4.78 is 17.1. The van der Waals surface area contributed by atoms with E-state index in [0.717, 1.165) is 10.9 Å². The molecule has 0 fully saturated rings. The standard InChI is InChI=1S/C25H18N2O4/c1-2-29-25(28)17-12-14-18(15-13-17)30-24-22-21(19-10-6-7-11-20(19)31-22)26-23(27-24)16-8-4-3-5-9-16/h3-15H,2H2,1H3. The average molecular weight is 410 g/mol. The summed E-state index contributed by atoms with van der Waals surface area (Å²) in [6, 6.07) is 24.1. The van der Waals surface area contributed by atoms with Crippen LogP contribution in [0.5, 0.6) is 11.6 Å². The number of hydrogen-bond donors (Lipinski definition) is 0. The van der Waals surface area contributed by atoms with E-state index < -0.39 is 0 Å². The van der Waals surface area contributed by atoms with Crippen molar-refractivity contribution in [3.05, 3.63) is 84.4 Å². The molecule has 31 heavy (non-hydrogen) atoms. The van der Waals surface area contributed by atoms with Gasteiger partial charge in [-0.2, -0.15) is 4.98 Å². The van der Waals surface area contributed by atoms with E-state index >= 15 is 0 Å². The van der Waals surface area contributed by atoms with E-state index in [-0.39, 0.29) is 5.97 Å². The highest BCUT2D eigenvalue weighted by atomic mass is 16.5. The number of furan rings is 1. The van der Waals surface area contributed by atoms with Crippen molar-refractivity contribution in [3.63, 3.8) is 0 Å². The first-order chi connectivity index (χ1) is 15.2. The van der Waals surface area contributed by atoms with Gasteiger partial charge in [-0.3, -0.25) is 0 Å². The number of esters is 1. The molecule has 0 radical (unpaired) electrons. The van der Waals surface area contributed by atoms with Crippen molar-refractivity contribution in [2.24, 2.45) is 0 Å². The molecule has 3 aromatic carbocycles. The molecule has 0 amide bonds. The number of carbonyl (C=O) groups excluding carboxylic acids is 1. The molecule has 0 N–H and O–H groups in total. The molecule has 0 bridgehead atoms. The number of hydrogen-bond acceptors (Lipinski definition) is 6. The first-order valence-corrected chi connectivity index (χ1v) is 9.92. The number of fused-ring (bicyclic) bond motifs is 3. The molecule has 0 unspecified atom stereocenters. The maximum Gasteiger partial charge on any atom is 0.338 e. The molecule has 0 atom stereocenters. The zero-order valence-corrected chi connectivity index (χ0v) is 16.7. The number of aromatic nitrogens is 2. The van der Waals surface area contributed by atoms with Gasteiger partial charge in [0, 0.05) is 10.9 Å². The van der Waals surface area contributed by atoms with Gasteiger partial charge in [0.05, 0.1) is 12.2 Å². The second-order valence-corrected chi connectivity index (χ2v) is 6.84. The largest absolute Gasteiger partial charge is 0.462 e. The molecule has 6 nitrogen and oxygen atoms in total. The van der Waals surface area contributed by atoms with Gasteiger partial charge in [-0.05, 0) is 43.3 Å². The third-order valence-corrected chi connectivity index (χ3v) is 4.80. The van der Waals surface area contributed by atoms with Crippen molar-refractivity contribution in [2.75, 3.05) is 6.61 Å². The number of carbonyl (C=O) groups is 1. The second-order valence-electron chi connectivity index (χ2n) is 6.84. The summed E-state index contributed by atoms with van der Waals surface area (Å²) in [7, 11) is 0. The maximum atomic E-state index is 11.9. The van der Waals surface area contributed by atoms with Crippen LogP contribution in [0.2, 0.25) is 0 Å². The summed E-state index contributed by atoms with van der Waals surface area (Å²) in [4.78, 5) is 21.3. The van der Waals surface area contributed by atoms with Gasteiger partial charge in [-0.15, -0.1) is 0 Å². The van der Waals surface area contributed by atoms with Gasteiger partial charge < -0.3 is 13.9 Å². The van der Waals surface area contributed by atoms with Gasteiger partial charge in [-0.25, -0.2) is 9.78 Å². The molecule has 0 aliphatic rings. The first kappa shape index (κ1) is 18.8. The summed E-state index contributed by atoms with van der Waals surface area (Å²) in [5.41, 5.74) is 3.19. The lowest BCUT2D eigenvalue weighted by Gasteiger charge is -2.08. The van der Waals surface area contributed by atoms with Crippen LogP contribution < -0.4 is 4.74 Å². The highest BCUT2D eigenvalue weighted by molar-refractivity contribution is 6.04. The van der Waals surface area contributed by atoms with Crippen LogP contribution in [0.3, 0.4) is 0 Å². The number of para-hydroxylation sites is 1. The molecule has 6 heteroatoms. The predicted octanol–water partition coefficient (Wildman–Crippen LogP) is 6.01. The van der Waals surface area contributed by atoms with E-state index in [1.54, 1.807) is 31.2 Å². The maximum absolute atomic E-state index is 11.9. The van der Waals surface area contributed by atoms with Crippen LogP contribution in [0, 0.1) is 0 Å². The van der Waals surface area contributed by atoms with Crippen LogP contribution in [-0.2, 0) is 4.74 Å². The van der Waals surface area contributed by atoms with E-state index in [9.17, 15) is 4.79 Å². The van der Waals surface area contributed by atoms with E-state index in [4.69, 9.17) is 18.9 Å². The van der Waals surface area contributed by atoms with E-state index in [1.165, 1.54) is 0 Å². The number of ether oxygens (including phenoxy) is 2. The summed E-state index contributed by atoms with van der Waals surface area (Å²) in [6.45, 7) is 2.09. The first-order valence-electron chi connectivity index (χ1n) is 9.92. The Kier molecular flexibility index (Phi) is 4.80. The Balaban J connectivity index is 1.61. The molecule has 152 valence electrons. The van der Waals surface area contributed by atoms with Crippen molar-refractivity contribution >= 4 is 28.0 Å². The Hall–Kier alpha value is -4.19. The Labute approximate surface area is 178 Å². The zero-order chi connectivity index (χ0) is 21.2. The molecule has 0 aliphatic heterocycles. The van der Waals surface area contributed by atoms with Crippen molar-refractivity contribution in [1.29, 1.82) is 0 Å². The van der Waals surface area contributed by atoms with Crippen LogP contribution >= 0.6 is 0 Å². The van der Waals surface area contributed by atoms with Gasteiger partial charge in [0.1, 0.15) is 16.8 Å². The van der Waals surface area contributed by atoms with Crippen molar-refractivity contribution in [2.45, 2.75) is 6.92 Å². The Morgan fingerprint density at radius 2 is 1.65 bits per heavy atom. The highest BCUT2D eigenvalue weighted by Gasteiger charge is 2.18. The fraction of sp³-hybridized carbons (Fsp3) is 0.0800. The number of rotatable bonds is 5. The zero-order valence-electron chi connectivity index (χ0n) is 16.7. The lowest BCUT2D eigenvalue weighted by atomic mass is 10.2. The van der Waals surface area contributed by atoms with Crippen molar-refractivity contribution < 1.29 is 18.7 Å². The Morgan fingerprint density at radius 1 is 0.903 bits per heavy atom. The third-order valence-electron chi connectivity index (χ3n) is 4.80. The molecule has 0 saturated heterocycles. The lowest BCUT2D eigenvalue weighted by Crippen LogP contribution is -2.04. The third kappa shape index (κ3) is 3.59. The quantitative estimate of drug-likeness (QED) is 0.330. The molecular formula is C25H18N2O4. The molecule has 5 rings (SSSR count). The minimum Gasteiger partial charge on any atom is -0.462 e. The second kappa shape index (κ2) is 7.91. The molecule has 0 spiro atoms. The van der Waals surface area contributed by atoms with Crippen molar-refractivity contribution in [3.8, 4) is 23.0 Å². The number of benzene rings is 3. The van der Waals surface area contributed by atoms with Gasteiger partial charge in [0.25, 0.3) is 5.88 Å². The van der Waals surface area contributed by atoms with Crippen LogP contribution in [0.4, 0.5) is 0 Å². The predicted molar refractivity (Wildman–Crippen MR) is 117 cm³/mol. The molecule has 2 aromatic heterocycles. The topological polar surface area (TPSA) is 74.5 Å². The highest BCUT2D eigenvalue weighted by Crippen LogP contribution is 2.36. The monoisotopic (exact) mass is 410 g/mol. The minimum absolute atomic E-state index is 0.309. The van der Waals surface area contributed by atoms with Crippen LogP contribution in [0.1, 0.15) is 17.3 Å². The summed E-state index contributed by atoms with van der Waals surface area (Å²) in [5, 5.41) is 0.889. The lowest BCUT2D eigenvalue weighted by molar-refractivity contribution is 0.0526. The van der Waals surface area contributed by atoms with Crippen LogP contribution in [0.25, 0.3) is 33.5 Å². The Morgan fingerprint density at radius 3 is 2.42 bits per heavy atom. The summed E-state index contributed by atoms with van der Waals surface area (Å²) in [5.74, 6) is 0.997. The smallest absolute Gasteiger partial charge is 0.338 e. The normalized spacial score (nSPS) is 11.0. The van der Waals surface area contributed by atoms with E-state index in [1.807, 2.05) is 54.6 Å². The van der Waals surface area contributed by atoms with Crippen molar-refractivity contribution in [1.82, 2.24) is 9.97 Å².